The third-order valence-corrected chi connectivity index (χ3v) is 4.42. The quantitative estimate of drug-likeness (QED) is 0.668. The van der Waals surface area contributed by atoms with Crippen LogP contribution in [0.15, 0.2) is 29.6 Å². The van der Waals surface area contributed by atoms with Crippen molar-refractivity contribution in [1.82, 2.24) is 9.78 Å². The molecule has 0 spiro atoms. The van der Waals surface area contributed by atoms with E-state index in [1.807, 2.05) is 50.5 Å². The van der Waals surface area contributed by atoms with Crippen molar-refractivity contribution >= 4 is 27.2 Å². The highest BCUT2D eigenvalue weighted by molar-refractivity contribution is 7.17. The van der Waals surface area contributed by atoms with Gasteiger partial charge in [-0.25, -0.2) is 0 Å². The summed E-state index contributed by atoms with van der Waals surface area (Å²) in [5, 5.41) is 7.46. The molecule has 0 aliphatic rings. The summed E-state index contributed by atoms with van der Waals surface area (Å²) in [5.41, 5.74) is 3.20. The van der Waals surface area contributed by atoms with E-state index >= 15 is 0 Å². The normalized spacial score (nSPS) is 11.1. The second kappa shape index (κ2) is 4.31. The molecule has 0 radical (unpaired) electrons. The van der Waals surface area contributed by atoms with Gasteiger partial charge in [0.1, 0.15) is 0 Å². The number of thiophene rings is 1. The number of ketones is 1. The maximum Gasteiger partial charge on any atom is 0.198 e. The Kier molecular flexibility index (Phi) is 2.75. The molecular weight excluding hydrogens is 256 g/mol. The molecule has 4 heteroatoms. The number of carbonyl (C=O) groups is 1. The van der Waals surface area contributed by atoms with E-state index in [4.69, 9.17) is 0 Å². The van der Waals surface area contributed by atoms with E-state index in [9.17, 15) is 4.79 Å². The number of rotatable bonds is 2. The first kappa shape index (κ1) is 12.1. The van der Waals surface area contributed by atoms with Crippen molar-refractivity contribution in [2.75, 3.05) is 0 Å². The van der Waals surface area contributed by atoms with Gasteiger partial charge in [-0.05, 0) is 36.7 Å². The molecule has 2 heterocycles. The molecule has 3 rings (SSSR count). The number of carbonyl (C=O) groups excluding carboxylic acids is 1. The van der Waals surface area contributed by atoms with E-state index in [0.29, 0.717) is 0 Å². The minimum Gasteiger partial charge on any atom is -0.288 e. The molecule has 0 fully saturated rings. The van der Waals surface area contributed by atoms with Crippen LogP contribution in [-0.2, 0) is 7.05 Å². The van der Waals surface area contributed by atoms with Crippen molar-refractivity contribution in [3.05, 3.63) is 52.2 Å². The molecule has 96 valence electrons. The molecule has 0 aliphatic heterocycles. The third-order valence-electron chi connectivity index (χ3n) is 3.46. The Morgan fingerprint density at radius 3 is 2.74 bits per heavy atom. The highest BCUT2D eigenvalue weighted by atomic mass is 32.1. The van der Waals surface area contributed by atoms with E-state index in [2.05, 4.69) is 5.10 Å². The van der Waals surface area contributed by atoms with Gasteiger partial charge in [0.15, 0.2) is 5.78 Å². The fraction of sp³-hybridized carbons (Fsp3) is 0.200. The Morgan fingerprint density at radius 2 is 2.05 bits per heavy atom. The summed E-state index contributed by atoms with van der Waals surface area (Å²) < 4.78 is 2.81. The van der Waals surface area contributed by atoms with Crippen LogP contribution in [0.3, 0.4) is 0 Å². The number of hydrogen-bond acceptors (Lipinski definition) is 3. The largest absolute Gasteiger partial charge is 0.288 e. The van der Waals surface area contributed by atoms with Crippen LogP contribution in [0.1, 0.15) is 27.3 Å². The van der Waals surface area contributed by atoms with Crippen LogP contribution in [0.25, 0.3) is 10.1 Å². The van der Waals surface area contributed by atoms with E-state index in [1.54, 1.807) is 16.0 Å². The van der Waals surface area contributed by atoms with Gasteiger partial charge in [-0.2, -0.15) is 5.10 Å². The zero-order valence-corrected chi connectivity index (χ0v) is 11.9. The lowest BCUT2D eigenvalue weighted by Crippen LogP contribution is -2.05. The summed E-state index contributed by atoms with van der Waals surface area (Å²) in [5.74, 6) is 0.0659. The summed E-state index contributed by atoms with van der Waals surface area (Å²) in [6, 6.07) is 7.90. The number of benzene rings is 1. The van der Waals surface area contributed by atoms with Gasteiger partial charge in [0.2, 0.25) is 0 Å². The van der Waals surface area contributed by atoms with Crippen LogP contribution < -0.4 is 0 Å². The van der Waals surface area contributed by atoms with Gasteiger partial charge in [0.25, 0.3) is 0 Å². The fourth-order valence-corrected chi connectivity index (χ4v) is 3.32. The molecular formula is C15H14N2OS. The van der Waals surface area contributed by atoms with Crippen molar-refractivity contribution in [1.29, 1.82) is 0 Å². The van der Waals surface area contributed by atoms with Gasteiger partial charge < -0.3 is 0 Å². The molecule has 2 aromatic heterocycles. The molecule has 3 nitrogen and oxygen atoms in total. The average Bonchev–Trinajstić information content (AvgIpc) is 2.94. The van der Waals surface area contributed by atoms with Gasteiger partial charge in [0, 0.05) is 23.0 Å². The maximum atomic E-state index is 12.8. The van der Waals surface area contributed by atoms with Gasteiger partial charge >= 0.3 is 0 Å². The van der Waals surface area contributed by atoms with E-state index in [-0.39, 0.29) is 5.78 Å². The number of fused-ring (bicyclic) bond motifs is 1. The highest BCUT2D eigenvalue weighted by Gasteiger charge is 2.20. The van der Waals surface area contributed by atoms with Crippen molar-refractivity contribution in [3.63, 3.8) is 0 Å². The molecule has 3 aromatic rings. The zero-order valence-electron chi connectivity index (χ0n) is 11.1. The summed E-state index contributed by atoms with van der Waals surface area (Å²) in [7, 11) is 1.87. The second-order valence-electron chi connectivity index (χ2n) is 4.64. The van der Waals surface area contributed by atoms with Gasteiger partial charge in [-0.1, -0.05) is 12.1 Å². The first-order valence-electron chi connectivity index (χ1n) is 6.10. The lowest BCUT2D eigenvalue weighted by atomic mass is 10.0. The lowest BCUT2D eigenvalue weighted by molar-refractivity contribution is 0.103. The van der Waals surface area contributed by atoms with Crippen LogP contribution in [0.4, 0.5) is 0 Å². The molecule has 0 saturated heterocycles. The standard InChI is InChI=1S/C15H14N2OS/c1-9-13(10(2)17(3)16-9)14(18)12-6-4-5-11-7-8-19-15(11)12/h4-8H,1-3H3. The van der Waals surface area contributed by atoms with Crippen LogP contribution in [0, 0.1) is 13.8 Å². The lowest BCUT2D eigenvalue weighted by Gasteiger charge is -2.03. The van der Waals surface area contributed by atoms with Crippen LogP contribution in [0.5, 0.6) is 0 Å². The van der Waals surface area contributed by atoms with Gasteiger partial charge in [-0.15, -0.1) is 11.3 Å². The molecule has 0 bridgehead atoms. The monoisotopic (exact) mass is 270 g/mol. The summed E-state index contributed by atoms with van der Waals surface area (Å²) in [6.07, 6.45) is 0. The Labute approximate surface area is 115 Å². The molecule has 0 amide bonds. The van der Waals surface area contributed by atoms with Crippen molar-refractivity contribution < 1.29 is 4.79 Å². The Balaban J connectivity index is 2.22. The first-order chi connectivity index (χ1) is 9.09. The Morgan fingerprint density at radius 1 is 1.26 bits per heavy atom. The Hall–Kier alpha value is -1.94. The minimum absolute atomic E-state index is 0.0659. The SMILES string of the molecule is Cc1nn(C)c(C)c1C(=O)c1cccc2ccsc12. The topological polar surface area (TPSA) is 34.9 Å². The molecule has 1 aromatic carbocycles. The predicted molar refractivity (Wildman–Crippen MR) is 77.9 cm³/mol. The van der Waals surface area contributed by atoms with E-state index in [0.717, 1.165) is 32.6 Å². The average molecular weight is 270 g/mol. The van der Waals surface area contributed by atoms with E-state index in [1.165, 1.54) is 0 Å². The van der Waals surface area contributed by atoms with Crippen molar-refractivity contribution in [2.24, 2.45) is 7.05 Å². The summed E-state index contributed by atoms with van der Waals surface area (Å²) in [6.45, 7) is 3.82. The molecule has 0 N–H and O–H groups in total. The fourth-order valence-electron chi connectivity index (χ4n) is 2.41. The summed E-state index contributed by atoms with van der Waals surface area (Å²) in [4.78, 5) is 12.8. The maximum absolute atomic E-state index is 12.8. The summed E-state index contributed by atoms with van der Waals surface area (Å²) >= 11 is 1.61. The number of aryl methyl sites for hydroxylation is 2. The van der Waals surface area contributed by atoms with Crippen LogP contribution in [0.2, 0.25) is 0 Å². The smallest absolute Gasteiger partial charge is 0.198 e. The van der Waals surface area contributed by atoms with Crippen LogP contribution in [-0.4, -0.2) is 15.6 Å². The van der Waals surface area contributed by atoms with Crippen molar-refractivity contribution in [2.45, 2.75) is 13.8 Å². The molecule has 19 heavy (non-hydrogen) atoms. The van der Waals surface area contributed by atoms with Gasteiger partial charge in [0.05, 0.1) is 11.3 Å². The number of aromatic nitrogens is 2. The van der Waals surface area contributed by atoms with E-state index < -0.39 is 0 Å². The zero-order chi connectivity index (χ0) is 13.6. The highest BCUT2D eigenvalue weighted by Crippen LogP contribution is 2.28. The molecule has 0 atom stereocenters. The second-order valence-corrected chi connectivity index (χ2v) is 5.56. The number of hydrogen-bond donors (Lipinski definition) is 0. The third kappa shape index (κ3) is 1.79. The van der Waals surface area contributed by atoms with Gasteiger partial charge in [-0.3, -0.25) is 9.48 Å². The Bertz CT molecular complexity index is 783. The van der Waals surface area contributed by atoms with Crippen LogP contribution >= 0.6 is 11.3 Å². The molecule has 0 saturated carbocycles. The number of nitrogens with zero attached hydrogens (tertiary/aromatic N) is 2. The predicted octanol–water partition coefficient (Wildman–Crippen LogP) is 3.48. The first-order valence-corrected chi connectivity index (χ1v) is 6.98. The molecule has 0 unspecified atom stereocenters. The minimum atomic E-state index is 0.0659. The van der Waals surface area contributed by atoms with Crippen molar-refractivity contribution in [3.8, 4) is 0 Å². The molecule has 0 aliphatic carbocycles.